The van der Waals surface area contributed by atoms with Crippen LogP contribution in [0.4, 0.5) is 0 Å². The van der Waals surface area contributed by atoms with Gasteiger partial charge in [0.25, 0.3) is 0 Å². The number of hydrogen-bond donors (Lipinski definition) is 0. The van der Waals surface area contributed by atoms with E-state index < -0.39 is 23.0 Å². The molecular weight excluding hydrogens is 1840 g/mol. The van der Waals surface area contributed by atoms with Gasteiger partial charge in [-0.1, -0.05) is 468 Å². The fraction of sp³-hybridized carbons (Fsp3) is 0. The Morgan fingerprint density at radius 1 is 0.151 bits per heavy atom. The van der Waals surface area contributed by atoms with Gasteiger partial charge in [-0.15, -0.1) is 29.8 Å². The van der Waals surface area contributed by atoms with E-state index in [-0.39, 0.29) is 0 Å². The molecule has 146 heavy (non-hydrogen) atoms. The van der Waals surface area contributed by atoms with Gasteiger partial charge in [0.05, 0.1) is 0 Å². The molecular formula is C133H90N4O6P3-. The van der Waals surface area contributed by atoms with E-state index in [9.17, 15) is 0 Å². The summed E-state index contributed by atoms with van der Waals surface area (Å²) in [5.41, 5.74) is 26.7. The fourth-order valence-corrected chi connectivity index (χ4v) is 28.6. The normalized spacial score (nSPS) is 13.5. The van der Waals surface area contributed by atoms with Gasteiger partial charge in [0.2, 0.25) is 0 Å². The van der Waals surface area contributed by atoms with Crippen LogP contribution < -0.4 is 27.1 Å². The topological polar surface area (TPSA) is 105 Å². The van der Waals surface area contributed by atoms with E-state index in [1.165, 1.54) is 53.9 Å². The predicted molar refractivity (Wildman–Crippen MR) is 605 cm³/mol. The summed E-state index contributed by atoms with van der Waals surface area (Å²) in [6.45, 7) is 0. The minimum Gasteiger partial charge on any atom is -0.413 e. The van der Waals surface area contributed by atoms with Crippen LogP contribution in [0.2, 0.25) is 0 Å². The van der Waals surface area contributed by atoms with Gasteiger partial charge < -0.3 is 32.1 Å². The van der Waals surface area contributed by atoms with Crippen molar-refractivity contribution in [2.45, 2.75) is 0 Å². The molecule has 0 saturated carbocycles. The number of rotatable bonds is 25. The lowest BCUT2D eigenvalue weighted by Crippen LogP contribution is -2.11. The van der Waals surface area contributed by atoms with E-state index in [0.29, 0.717) is 34.5 Å². The van der Waals surface area contributed by atoms with Gasteiger partial charge in [0.1, 0.15) is 34.5 Å². The Balaban J connectivity index is 0.662. The first-order valence-corrected chi connectivity index (χ1v) is 53.3. The number of pyridine rings is 1. The third-order valence-electron chi connectivity index (χ3n) is 27.0. The van der Waals surface area contributed by atoms with Crippen LogP contribution in [0, 0.1) is 6.07 Å². The summed E-state index contributed by atoms with van der Waals surface area (Å²) >= 11 is 0. The van der Waals surface area contributed by atoms with Crippen molar-refractivity contribution < 1.29 is 27.1 Å². The lowest BCUT2D eigenvalue weighted by Gasteiger charge is -2.33. The molecule has 1 unspecified atom stereocenters. The monoisotopic (exact) mass is 1930 g/mol. The van der Waals surface area contributed by atoms with Crippen LogP contribution in [-0.4, -0.2) is 4.98 Å². The van der Waals surface area contributed by atoms with Crippen molar-refractivity contribution in [2.75, 3.05) is 0 Å². The summed E-state index contributed by atoms with van der Waals surface area (Å²) in [7, 11) is -13.8. The number of benzene rings is 23. The molecule has 1 atom stereocenters. The van der Waals surface area contributed by atoms with Gasteiger partial charge >= 0.3 is 23.0 Å². The zero-order chi connectivity index (χ0) is 97.2. The highest BCUT2D eigenvalue weighted by atomic mass is 31.3. The lowest BCUT2D eigenvalue weighted by atomic mass is 9.96. The van der Waals surface area contributed by atoms with E-state index in [0.717, 1.165) is 145 Å². The molecule has 13 heteroatoms. The molecule has 0 bridgehead atoms. The highest BCUT2D eigenvalue weighted by Crippen LogP contribution is 2.79. The molecule has 2 heterocycles. The molecule has 1 aliphatic rings. The Bertz CT molecular complexity index is 8420. The zero-order valence-electron chi connectivity index (χ0n) is 79.0. The van der Waals surface area contributed by atoms with Gasteiger partial charge in [-0.05, 0) is 261 Å². The maximum Gasteiger partial charge on any atom is 0.460 e. The first-order chi connectivity index (χ1) is 72.1. The second-order valence-electron chi connectivity index (χ2n) is 36.2. The van der Waals surface area contributed by atoms with E-state index >= 15 is 0 Å². The van der Waals surface area contributed by atoms with Gasteiger partial charge in [0, 0.05) is 6.20 Å². The van der Waals surface area contributed by atoms with Crippen LogP contribution >= 0.6 is 23.0 Å². The molecule has 0 N–H and O–H groups in total. The van der Waals surface area contributed by atoms with Crippen LogP contribution in [0.5, 0.6) is 34.5 Å². The second kappa shape index (κ2) is 39.1. The first kappa shape index (κ1) is 89.4. The fourth-order valence-electron chi connectivity index (χ4n) is 19.6. The first-order valence-electron chi connectivity index (χ1n) is 48.7. The van der Waals surface area contributed by atoms with E-state index in [1.54, 1.807) is 6.20 Å². The zero-order valence-corrected chi connectivity index (χ0v) is 81.7. The Morgan fingerprint density at radius 2 is 0.329 bits per heavy atom. The minimum atomic E-state index is -4.59. The van der Waals surface area contributed by atoms with Crippen LogP contribution in [0.25, 0.3) is 199 Å². The summed E-state index contributed by atoms with van der Waals surface area (Å²) in [6.07, 6.45) is 1.80. The SMILES string of the molecule is [c-]1cc(-c2ccc(-c3ccc(OP4(Oc5ccc(-c6ccc(-c7cccc8ccccc78)cc6)cc5)=NP(Oc5ccc(-c6ccc(-c7cccc8ccccc78)cc6)cc5)(Oc5ccc(-c6ccc(-c7cccc8ccccc78)cc6)cc5)=NP(Oc5ccc(-c6ccc(-c7cccc8ccccc78)cc6)cc5)(Oc5ccc(-c6ccc(-c7cccc8ccccc78)cc6)cc5)=N4)cc3)cc2)ccc1-c1ccccn1. The maximum absolute atomic E-state index is 7.82. The molecule has 25 rings (SSSR count). The molecule has 694 valence electrons. The standard InChI is InChI=1S/C133H90N4O6P3/c1-6-28-123-106(18-1)23-13-33-128(123)111-55-43-94(44-56-111)101-69-81-118(82-70-101)139-144(138-117-79-67-100(68-80-117)93-41-39-92(40-42-93)99-53-65-116(66-54-99)133-38-11-12-91-134-133)135-145(140-119-83-71-102(72-84-119)95-45-57-112(58-46-95)129-34-14-24-107-19-2-7-29-124(107)129,141-120-85-73-103(74-86-120)96-47-59-113(60-48-96)130-35-15-25-108-20-3-8-30-125(108)130)137-146(136-144,142-121-87-75-104(76-88-121)97-49-61-114(62-50-97)131-36-16-26-109-21-4-9-31-126(109)131)143-122-89-77-105(78-90-122)98-51-63-115(64-52-98)132-37-17-27-110-22-5-10-32-127(110)132/h1-65,67-91H/q-1. The van der Waals surface area contributed by atoms with Crippen molar-refractivity contribution in [3.8, 4) is 179 Å². The van der Waals surface area contributed by atoms with Crippen LogP contribution in [0.3, 0.4) is 0 Å². The Kier molecular flexibility index (Phi) is 23.9. The number of hydrogen-bond acceptors (Lipinski definition) is 10. The van der Waals surface area contributed by atoms with Gasteiger partial charge in [0.15, 0.2) is 0 Å². The minimum absolute atomic E-state index is 0.356. The largest absolute Gasteiger partial charge is 0.460 e. The highest BCUT2D eigenvalue weighted by molar-refractivity contribution is 7.79. The molecule has 23 aromatic carbocycles. The average molecular weight is 1930 g/mol. The molecule has 1 aliphatic heterocycles. The lowest BCUT2D eigenvalue weighted by molar-refractivity contribution is 0.443. The molecule has 0 amide bonds. The third-order valence-corrected chi connectivity index (χ3v) is 35.2. The van der Waals surface area contributed by atoms with Crippen molar-refractivity contribution in [1.82, 2.24) is 4.98 Å². The van der Waals surface area contributed by atoms with E-state index in [1.807, 2.05) is 170 Å². The smallest absolute Gasteiger partial charge is 0.413 e. The molecule has 0 radical (unpaired) electrons. The summed E-state index contributed by atoms with van der Waals surface area (Å²) < 4.78 is 64.7. The predicted octanol–water partition coefficient (Wildman–Crippen LogP) is 38.9. The quantitative estimate of drug-likeness (QED) is 0.0414. The van der Waals surface area contributed by atoms with E-state index in [4.69, 9.17) is 40.7 Å². The van der Waals surface area contributed by atoms with Crippen molar-refractivity contribution >= 4 is 76.8 Å². The Hall–Kier alpha value is -18.0. The van der Waals surface area contributed by atoms with Gasteiger partial charge in [-0.2, -0.15) is 0 Å². The van der Waals surface area contributed by atoms with Crippen LogP contribution in [0.1, 0.15) is 0 Å². The number of nitrogens with zero attached hydrogens (tertiary/aromatic N) is 4. The molecule has 0 saturated heterocycles. The molecule has 0 aliphatic carbocycles. The maximum atomic E-state index is 7.82. The van der Waals surface area contributed by atoms with Crippen molar-refractivity contribution in [2.24, 2.45) is 13.5 Å². The number of aromatic nitrogens is 1. The molecule has 10 nitrogen and oxygen atoms in total. The second-order valence-corrected chi connectivity index (χ2v) is 42.4. The van der Waals surface area contributed by atoms with Gasteiger partial charge in [-0.3, -0.25) is 0 Å². The molecule has 0 spiro atoms. The highest BCUT2D eigenvalue weighted by Gasteiger charge is 2.49. The molecule has 1 aromatic heterocycles. The van der Waals surface area contributed by atoms with Gasteiger partial charge in [-0.25, -0.2) is 0 Å². The van der Waals surface area contributed by atoms with Crippen molar-refractivity contribution in [1.29, 1.82) is 0 Å². The average Bonchev–Trinajstić information content (AvgIpc) is 0.724. The summed E-state index contributed by atoms with van der Waals surface area (Å²) in [6, 6.07) is 190. The summed E-state index contributed by atoms with van der Waals surface area (Å²) in [4.78, 5) is 4.57. The Morgan fingerprint density at radius 3 is 0.527 bits per heavy atom. The van der Waals surface area contributed by atoms with Crippen LogP contribution in [-0.2, 0) is 0 Å². The van der Waals surface area contributed by atoms with Crippen molar-refractivity contribution in [3.05, 3.63) is 552 Å². The third kappa shape index (κ3) is 18.6. The summed E-state index contributed by atoms with van der Waals surface area (Å²) in [5.74, 6) is 2.16. The number of fused-ring (bicyclic) bond motifs is 5. The molecule has 0 fully saturated rings. The molecule has 24 aromatic rings. The summed E-state index contributed by atoms with van der Waals surface area (Å²) in [5, 5.41) is 11.8. The van der Waals surface area contributed by atoms with Crippen molar-refractivity contribution in [3.63, 3.8) is 0 Å². The van der Waals surface area contributed by atoms with Crippen LogP contribution in [0.15, 0.2) is 560 Å². The van der Waals surface area contributed by atoms with E-state index in [2.05, 4.69) is 381 Å². The Labute approximate surface area is 847 Å².